The third kappa shape index (κ3) is 2.87. The van der Waals surface area contributed by atoms with Crippen molar-refractivity contribution in [1.29, 1.82) is 0 Å². The molecule has 0 bridgehead atoms. The van der Waals surface area contributed by atoms with Gasteiger partial charge in [0.25, 0.3) is 11.5 Å². The molecule has 6 nitrogen and oxygen atoms in total. The number of carbonyl (C=O) groups is 1. The molecule has 3 heterocycles. The van der Waals surface area contributed by atoms with Crippen molar-refractivity contribution < 1.29 is 4.79 Å². The van der Waals surface area contributed by atoms with E-state index in [2.05, 4.69) is 4.98 Å². The van der Waals surface area contributed by atoms with Crippen molar-refractivity contribution in [2.75, 3.05) is 31.2 Å². The molecular weight excluding hydrogens is 316 g/mol. The second-order valence-corrected chi connectivity index (χ2v) is 6.03. The lowest BCUT2D eigenvalue weighted by molar-refractivity contribution is 0.0738. The molecule has 1 amide bonds. The molecule has 1 aliphatic rings. The molecule has 4 rings (SSSR count). The van der Waals surface area contributed by atoms with Crippen molar-refractivity contribution in [1.82, 2.24) is 14.6 Å². The van der Waals surface area contributed by atoms with Gasteiger partial charge in [-0.3, -0.25) is 14.6 Å². The normalized spacial score (nSPS) is 14.7. The summed E-state index contributed by atoms with van der Waals surface area (Å²) >= 11 is 0. The first-order valence-electron chi connectivity index (χ1n) is 8.29. The molecule has 6 heteroatoms. The molecule has 0 atom stereocenters. The fraction of sp³-hybridized carbons (Fsp3) is 0.211. The summed E-state index contributed by atoms with van der Waals surface area (Å²) in [6.45, 7) is 2.37. The zero-order chi connectivity index (χ0) is 17.2. The molecule has 3 aromatic rings. The minimum atomic E-state index is -0.0502. The van der Waals surface area contributed by atoms with Crippen LogP contribution >= 0.6 is 0 Å². The first-order chi connectivity index (χ1) is 12.2. The fourth-order valence-corrected chi connectivity index (χ4v) is 3.23. The monoisotopic (exact) mass is 334 g/mol. The molecule has 0 aliphatic carbocycles. The highest BCUT2D eigenvalue weighted by atomic mass is 16.2. The van der Waals surface area contributed by atoms with Crippen LogP contribution in [-0.2, 0) is 0 Å². The van der Waals surface area contributed by atoms with Crippen molar-refractivity contribution in [3.8, 4) is 0 Å². The Morgan fingerprint density at radius 1 is 0.920 bits per heavy atom. The molecule has 126 valence electrons. The van der Waals surface area contributed by atoms with Gasteiger partial charge >= 0.3 is 0 Å². The lowest BCUT2D eigenvalue weighted by atomic mass is 10.2. The Balaban J connectivity index is 1.56. The first kappa shape index (κ1) is 15.4. The third-order valence-electron chi connectivity index (χ3n) is 4.51. The van der Waals surface area contributed by atoms with Gasteiger partial charge in [-0.1, -0.05) is 18.2 Å². The van der Waals surface area contributed by atoms with Gasteiger partial charge in [0.1, 0.15) is 0 Å². The van der Waals surface area contributed by atoms with Crippen molar-refractivity contribution in [3.63, 3.8) is 0 Å². The number of carbonyl (C=O) groups excluding carboxylic acids is 1. The van der Waals surface area contributed by atoms with Crippen molar-refractivity contribution in [3.05, 3.63) is 76.8 Å². The molecule has 0 radical (unpaired) electrons. The Morgan fingerprint density at radius 2 is 1.72 bits per heavy atom. The summed E-state index contributed by atoms with van der Waals surface area (Å²) in [5.41, 5.74) is 1.44. The van der Waals surface area contributed by atoms with Gasteiger partial charge < -0.3 is 9.91 Å². The summed E-state index contributed by atoms with van der Waals surface area (Å²) in [4.78, 5) is 30.7. The van der Waals surface area contributed by atoms with Crippen LogP contribution in [0.3, 0.4) is 0 Å². The van der Waals surface area contributed by atoms with E-state index < -0.39 is 0 Å². The topological polar surface area (TPSA) is 58.4 Å². The van der Waals surface area contributed by atoms with Crippen molar-refractivity contribution in [2.45, 2.75) is 0 Å². The van der Waals surface area contributed by atoms with Crippen LogP contribution in [0.5, 0.6) is 0 Å². The van der Waals surface area contributed by atoms with E-state index in [-0.39, 0.29) is 11.5 Å². The van der Waals surface area contributed by atoms with E-state index in [1.807, 2.05) is 40.2 Å². The number of hydrogen-bond acceptors (Lipinski definition) is 4. The molecule has 25 heavy (non-hydrogen) atoms. The van der Waals surface area contributed by atoms with Gasteiger partial charge in [0.2, 0.25) is 0 Å². The van der Waals surface area contributed by atoms with Gasteiger partial charge in [-0.25, -0.2) is 4.68 Å². The van der Waals surface area contributed by atoms with Gasteiger partial charge in [0.05, 0.1) is 24.2 Å². The Morgan fingerprint density at radius 3 is 2.48 bits per heavy atom. The van der Waals surface area contributed by atoms with Crippen LogP contribution in [0.15, 0.2) is 65.7 Å². The molecule has 2 aromatic heterocycles. The average Bonchev–Trinajstić information content (AvgIpc) is 2.68. The first-order valence-corrected chi connectivity index (χ1v) is 8.29. The van der Waals surface area contributed by atoms with Gasteiger partial charge in [-0.05, 0) is 24.3 Å². The third-order valence-corrected chi connectivity index (χ3v) is 4.51. The molecule has 1 saturated heterocycles. The zero-order valence-corrected chi connectivity index (χ0v) is 13.7. The number of piperazine rings is 1. The predicted molar refractivity (Wildman–Crippen MR) is 96.3 cm³/mol. The minimum absolute atomic E-state index is 0.0157. The Bertz CT molecular complexity index is 960. The van der Waals surface area contributed by atoms with E-state index in [0.717, 1.165) is 10.9 Å². The Kier molecular flexibility index (Phi) is 3.93. The molecule has 0 spiro atoms. The average molecular weight is 334 g/mol. The number of para-hydroxylation sites is 1. The molecule has 1 aliphatic heterocycles. The summed E-state index contributed by atoms with van der Waals surface area (Å²) in [6.07, 6.45) is 3.24. The molecule has 0 unspecified atom stereocenters. The molecular formula is C19H18N4O2. The van der Waals surface area contributed by atoms with E-state index in [1.54, 1.807) is 35.3 Å². The van der Waals surface area contributed by atoms with E-state index in [4.69, 9.17) is 0 Å². The number of nitrogens with zero attached hydrogens (tertiary/aromatic N) is 4. The highest BCUT2D eigenvalue weighted by Crippen LogP contribution is 2.13. The Hall–Kier alpha value is -3.15. The van der Waals surface area contributed by atoms with E-state index >= 15 is 0 Å². The smallest absolute Gasteiger partial charge is 0.269 e. The van der Waals surface area contributed by atoms with Crippen LogP contribution in [0.2, 0.25) is 0 Å². The standard InChI is InChI=1S/C19H18N4O2/c24-18-8-7-15-4-1-2-6-17(15)23(18)22-12-10-21(11-13-22)19(25)16-5-3-9-20-14-16/h1-9,14H,10-13H2. The summed E-state index contributed by atoms with van der Waals surface area (Å²) in [5, 5.41) is 3.04. The van der Waals surface area contributed by atoms with Gasteiger partial charge in [0, 0.05) is 36.9 Å². The van der Waals surface area contributed by atoms with Gasteiger partial charge in [-0.2, -0.15) is 0 Å². The maximum atomic E-state index is 12.5. The quantitative estimate of drug-likeness (QED) is 0.712. The van der Waals surface area contributed by atoms with Crippen molar-refractivity contribution in [2.24, 2.45) is 0 Å². The van der Waals surface area contributed by atoms with Crippen LogP contribution < -0.4 is 10.6 Å². The highest BCUT2D eigenvalue weighted by Gasteiger charge is 2.23. The predicted octanol–water partition coefficient (Wildman–Crippen LogP) is 1.49. The lowest BCUT2D eigenvalue weighted by Crippen LogP contribution is -2.55. The molecule has 0 saturated carbocycles. The van der Waals surface area contributed by atoms with Crippen molar-refractivity contribution >= 4 is 16.8 Å². The summed E-state index contributed by atoms with van der Waals surface area (Å²) in [5.74, 6) is -0.0157. The van der Waals surface area contributed by atoms with Crippen LogP contribution in [0, 0.1) is 0 Å². The van der Waals surface area contributed by atoms with E-state index in [1.165, 1.54) is 0 Å². The number of aromatic nitrogens is 2. The lowest BCUT2D eigenvalue weighted by Gasteiger charge is -2.37. The maximum absolute atomic E-state index is 12.5. The van der Waals surface area contributed by atoms with Gasteiger partial charge in [0.15, 0.2) is 0 Å². The SMILES string of the molecule is O=C(c1cccnc1)N1CCN(n2c(=O)ccc3ccccc32)CC1. The Labute approximate surface area is 144 Å². The van der Waals surface area contributed by atoms with E-state index in [0.29, 0.717) is 31.7 Å². The van der Waals surface area contributed by atoms with Gasteiger partial charge in [-0.15, -0.1) is 0 Å². The number of pyridine rings is 2. The maximum Gasteiger partial charge on any atom is 0.269 e. The van der Waals surface area contributed by atoms with Crippen LogP contribution in [0.1, 0.15) is 10.4 Å². The highest BCUT2D eigenvalue weighted by molar-refractivity contribution is 5.94. The summed E-state index contributed by atoms with van der Waals surface area (Å²) in [6, 6.07) is 14.8. The van der Waals surface area contributed by atoms with Crippen LogP contribution in [0.4, 0.5) is 0 Å². The number of rotatable bonds is 2. The van der Waals surface area contributed by atoms with Crippen LogP contribution in [0.25, 0.3) is 10.9 Å². The second-order valence-electron chi connectivity index (χ2n) is 6.03. The van der Waals surface area contributed by atoms with E-state index in [9.17, 15) is 9.59 Å². The largest absolute Gasteiger partial charge is 0.335 e. The zero-order valence-electron chi connectivity index (χ0n) is 13.7. The number of benzene rings is 1. The molecule has 1 aromatic carbocycles. The number of hydrogen-bond donors (Lipinski definition) is 0. The molecule has 1 fully saturated rings. The minimum Gasteiger partial charge on any atom is -0.335 e. The second kappa shape index (κ2) is 6.39. The fourth-order valence-electron chi connectivity index (χ4n) is 3.23. The number of fused-ring (bicyclic) bond motifs is 1. The van der Waals surface area contributed by atoms with Crippen LogP contribution in [-0.4, -0.2) is 46.6 Å². The number of amides is 1. The molecule has 0 N–H and O–H groups in total. The summed E-state index contributed by atoms with van der Waals surface area (Å²) in [7, 11) is 0. The summed E-state index contributed by atoms with van der Waals surface area (Å²) < 4.78 is 1.72.